The number of hydrogen-bond acceptors (Lipinski definition) is 5. The Labute approximate surface area is 118 Å². The number of carboxylic acid groups (broad SMARTS) is 1. The second-order valence-electron chi connectivity index (χ2n) is 4.71. The number of carbonyl (C=O) groups is 1. The van der Waals surface area contributed by atoms with Gasteiger partial charge in [-0.1, -0.05) is 0 Å². The van der Waals surface area contributed by atoms with Gasteiger partial charge in [-0.2, -0.15) is 0 Å². The second kappa shape index (κ2) is 7.00. The molecule has 1 unspecified atom stereocenters. The van der Waals surface area contributed by atoms with Crippen LogP contribution in [0, 0.1) is 0 Å². The summed E-state index contributed by atoms with van der Waals surface area (Å²) in [5, 5.41) is 19.0. The maximum Gasteiger partial charge on any atom is 0.320 e. The molecule has 6 heteroatoms. The molecule has 1 atom stereocenters. The fraction of sp³-hybridized carbons (Fsp3) is 0.500. The van der Waals surface area contributed by atoms with E-state index in [1.807, 2.05) is 0 Å². The molecule has 0 aliphatic rings. The number of benzene rings is 1. The number of aromatic hydroxyl groups is 1. The maximum absolute atomic E-state index is 11.1. The predicted octanol–water partition coefficient (Wildman–Crippen LogP) is 1.36. The molecule has 2 N–H and O–H groups in total. The monoisotopic (exact) mass is 283 g/mol. The summed E-state index contributed by atoms with van der Waals surface area (Å²) in [6.07, 6.45) is 1.00. The molecule has 0 saturated carbocycles. The van der Waals surface area contributed by atoms with Crippen molar-refractivity contribution in [1.29, 1.82) is 0 Å². The van der Waals surface area contributed by atoms with Gasteiger partial charge in [0.15, 0.2) is 11.5 Å². The standard InChI is InChI=1S/C14H21NO5/c1-15(2)10(14(17)18)6-5-9-7-11(19-3)13(16)12(8-9)20-4/h7-8,10,16H,5-6H2,1-4H3,(H,17,18). The largest absolute Gasteiger partial charge is 0.502 e. The minimum Gasteiger partial charge on any atom is -0.502 e. The van der Waals surface area contributed by atoms with Gasteiger partial charge in [0.1, 0.15) is 6.04 Å². The Hall–Kier alpha value is -1.95. The summed E-state index contributed by atoms with van der Waals surface area (Å²) >= 11 is 0. The van der Waals surface area contributed by atoms with Crippen LogP contribution in [-0.2, 0) is 11.2 Å². The quantitative estimate of drug-likeness (QED) is 0.786. The number of nitrogens with zero attached hydrogens (tertiary/aromatic N) is 1. The molecule has 112 valence electrons. The van der Waals surface area contributed by atoms with E-state index in [1.165, 1.54) is 14.2 Å². The summed E-state index contributed by atoms with van der Waals surface area (Å²) in [5.74, 6) is -0.277. The SMILES string of the molecule is COc1cc(CCC(C(=O)O)N(C)C)cc(OC)c1O. The van der Waals surface area contributed by atoms with Gasteiger partial charge in [-0.3, -0.25) is 9.69 Å². The smallest absolute Gasteiger partial charge is 0.320 e. The van der Waals surface area contributed by atoms with Gasteiger partial charge in [-0.05, 0) is 44.6 Å². The third kappa shape index (κ3) is 3.77. The van der Waals surface area contributed by atoms with Crippen molar-refractivity contribution in [3.05, 3.63) is 17.7 Å². The molecule has 0 heterocycles. The average Bonchev–Trinajstić information content (AvgIpc) is 2.39. The molecule has 0 saturated heterocycles. The molecular weight excluding hydrogens is 262 g/mol. The molecule has 20 heavy (non-hydrogen) atoms. The first-order valence-electron chi connectivity index (χ1n) is 6.23. The van der Waals surface area contributed by atoms with Crippen molar-refractivity contribution in [3.8, 4) is 17.2 Å². The van der Waals surface area contributed by atoms with E-state index in [0.717, 1.165) is 5.56 Å². The van der Waals surface area contributed by atoms with Crippen molar-refractivity contribution in [3.63, 3.8) is 0 Å². The molecule has 1 rings (SSSR count). The lowest BCUT2D eigenvalue weighted by molar-refractivity contribution is -0.142. The van der Waals surface area contributed by atoms with Crippen LogP contribution in [-0.4, -0.2) is 55.4 Å². The zero-order valence-corrected chi connectivity index (χ0v) is 12.2. The van der Waals surface area contributed by atoms with Crippen molar-refractivity contribution >= 4 is 5.97 Å². The second-order valence-corrected chi connectivity index (χ2v) is 4.71. The van der Waals surface area contributed by atoms with Crippen LogP contribution in [0.1, 0.15) is 12.0 Å². The lowest BCUT2D eigenvalue weighted by atomic mass is 10.0. The summed E-state index contributed by atoms with van der Waals surface area (Å²) in [6.45, 7) is 0. The van der Waals surface area contributed by atoms with E-state index in [1.54, 1.807) is 31.1 Å². The van der Waals surface area contributed by atoms with E-state index in [2.05, 4.69) is 0 Å². The Morgan fingerprint density at radius 1 is 1.25 bits per heavy atom. The summed E-state index contributed by atoms with van der Waals surface area (Å²) in [5.41, 5.74) is 0.851. The fourth-order valence-corrected chi connectivity index (χ4v) is 2.00. The van der Waals surface area contributed by atoms with Crippen LogP contribution < -0.4 is 9.47 Å². The zero-order chi connectivity index (χ0) is 15.3. The van der Waals surface area contributed by atoms with Crippen molar-refractivity contribution in [2.24, 2.45) is 0 Å². The van der Waals surface area contributed by atoms with Crippen LogP contribution in [0.4, 0.5) is 0 Å². The predicted molar refractivity (Wildman–Crippen MR) is 74.6 cm³/mol. The number of likely N-dealkylation sites (N-methyl/N-ethyl adjacent to an activating group) is 1. The Balaban J connectivity index is 2.90. The summed E-state index contributed by atoms with van der Waals surface area (Å²) in [6, 6.07) is 2.82. The fourth-order valence-electron chi connectivity index (χ4n) is 2.00. The highest BCUT2D eigenvalue weighted by molar-refractivity contribution is 5.73. The van der Waals surface area contributed by atoms with E-state index in [0.29, 0.717) is 24.3 Å². The first-order chi connectivity index (χ1) is 9.40. The van der Waals surface area contributed by atoms with E-state index in [-0.39, 0.29) is 5.75 Å². The number of methoxy groups -OCH3 is 2. The van der Waals surface area contributed by atoms with Gasteiger partial charge in [0.2, 0.25) is 5.75 Å². The molecule has 1 aromatic carbocycles. The van der Waals surface area contributed by atoms with Crippen LogP contribution >= 0.6 is 0 Å². The summed E-state index contributed by atoms with van der Waals surface area (Å²) in [7, 11) is 6.38. The number of phenols is 1. The number of aryl methyl sites for hydroxylation is 1. The zero-order valence-electron chi connectivity index (χ0n) is 12.2. The lowest BCUT2D eigenvalue weighted by Gasteiger charge is -2.20. The molecule has 0 radical (unpaired) electrons. The molecule has 1 aromatic rings. The van der Waals surface area contributed by atoms with Gasteiger partial charge in [-0.25, -0.2) is 0 Å². The first kappa shape index (κ1) is 16.1. The molecule has 0 aliphatic carbocycles. The number of phenolic OH excluding ortho intramolecular Hbond substituents is 1. The topological polar surface area (TPSA) is 79.2 Å². The maximum atomic E-state index is 11.1. The molecule has 0 bridgehead atoms. The van der Waals surface area contributed by atoms with Crippen LogP contribution in [0.25, 0.3) is 0 Å². The highest BCUT2D eigenvalue weighted by atomic mass is 16.5. The third-order valence-corrected chi connectivity index (χ3v) is 3.15. The van der Waals surface area contributed by atoms with Gasteiger partial charge >= 0.3 is 5.97 Å². The molecule has 0 aromatic heterocycles. The highest BCUT2D eigenvalue weighted by Crippen LogP contribution is 2.37. The van der Waals surface area contributed by atoms with Crippen LogP contribution in [0.15, 0.2) is 12.1 Å². The van der Waals surface area contributed by atoms with Crippen molar-refractivity contribution in [2.75, 3.05) is 28.3 Å². The van der Waals surface area contributed by atoms with Crippen LogP contribution in [0.3, 0.4) is 0 Å². The average molecular weight is 283 g/mol. The minimum atomic E-state index is -0.854. The Morgan fingerprint density at radius 2 is 1.75 bits per heavy atom. The van der Waals surface area contributed by atoms with Gasteiger partial charge in [0.25, 0.3) is 0 Å². The molecule has 0 fully saturated rings. The van der Waals surface area contributed by atoms with E-state index in [4.69, 9.17) is 14.6 Å². The van der Waals surface area contributed by atoms with Crippen LogP contribution in [0.5, 0.6) is 17.2 Å². The minimum absolute atomic E-state index is 0.0545. The number of aliphatic carboxylic acids is 1. The lowest BCUT2D eigenvalue weighted by Crippen LogP contribution is -2.35. The van der Waals surface area contributed by atoms with Gasteiger partial charge in [0, 0.05) is 0 Å². The van der Waals surface area contributed by atoms with Gasteiger partial charge < -0.3 is 19.7 Å². The van der Waals surface area contributed by atoms with Gasteiger partial charge in [0.05, 0.1) is 14.2 Å². The van der Waals surface area contributed by atoms with Crippen molar-refractivity contribution in [1.82, 2.24) is 4.90 Å². The van der Waals surface area contributed by atoms with E-state index in [9.17, 15) is 9.90 Å². The van der Waals surface area contributed by atoms with Crippen molar-refractivity contribution < 1.29 is 24.5 Å². The number of hydrogen-bond donors (Lipinski definition) is 2. The summed E-state index contributed by atoms with van der Waals surface area (Å²) in [4.78, 5) is 12.8. The number of rotatable bonds is 7. The molecule has 0 amide bonds. The van der Waals surface area contributed by atoms with E-state index >= 15 is 0 Å². The Bertz CT molecular complexity index is 448. The van der Waals surface area contributed by atoms with Crippen molar-refractivity contribution in [2.45, 2.75) is 18.9 Å². The molecule has 0 aliphatic heterocycles. The molecule has 6 nitrogen and oxygen atoms in total. The Morgan fingerprint density at radius 3 is 2.10 bits per heavy atom. The summed E-state index contributed by atoms with van der Waals surface area (Å²) < 4.78 is 10.1. The Kier molecular flexibility index (Phi) is 5.64. The van der Waals surface area contributed by atoms with E-state index < -0.39 is 12.0 Å². The first-order valence-corrected chi connectivity index (χ1v) is 6.23. The number of carboxylic acids is 1. The highest BCUT2D eigenvalue weighted by Gasteiger charge is 2.20. The third-order valence-electron chi connectivity index (χ3n) is 3.15. The normalized spacial score (nSPS) is 12.2. The van der Waals surface area contributed by atoms with Crippen LogP contribution in [0.2, 0.25) is 0 Å². The number of ether oxygens (including phenoxy) is 2. The van der Waals surface area contributed by atoms with Gasteiger partial charge in [-0.15, -0.1) is 0 Å². The molecule has 0 spiro atoms. The molecular formula is C14H21NO5.